The van der Waals surface area contributed by atoms with Crippen LogP contribution < -0.4 is 10.6 Å². The molecule has 2 nitrogen and oxygen atoms in total. The molecule has 0 amide bonds. The van der Waals surface area contributed by atoms with E-state index in [2.05, 4.69) is 24.1 Å². The Hall–Kier alpha value is -1.18. The van der Waals surface area contributed by atoms with Crippen LogP contribution in [0.25, 0.3) is 0 Å². The van der Waals surface area contributed by atoms with Crippen LogP contribution in [-0.2, 0) is 0 Å². The highest BCUT2D eigenvalue weighted by atomic mass is 15.1. The first-order chi connectivity index (χ1) is 7.75. The Kier molecular flexibility index (Phi) is 3.70. The lowest BCUT2D eigenvalue weighted by molar-refractivity contribution is 0.505. The van der Waals surface area contributed by atoms with Gasteiger partial charge in [-0.15, -0.1) is 0 Å². The van der Waals surface area contributed by atoms with Crippen molar-refractivity contribution in [2.45, 2.75) is 32.1 Å². The van der Waals surface area contributed by atoms with E-state index in [-0.39, 0.29) is 0 Å². The van der Waals surface area contributed by atoms with Crippen LogP contribution in [-0.4, -0.2) is 13.6 Å². The predicted molar refractivity (Wildman–Crippen MR) is 70.7 cm³/mol. The number of nitrogens with two attached hydrogens (primary N) is 1. The van der Waals surface area contributed by atoms with E-state index in [1.165, 1.54) is 37.8 Å². The molecular formula is C14H22N2. The molecule has 0 aliphatic heterocycles. The maximum atomic E-state index is 5.79. The fraction of sp³-hybridized carbons (Fsp3) is 0.571. The molecular weight excluding hydrogens is 196 g/mol. The van der Waals surface area contributed by atoms with Crippen LogP contribution in [0.5, 0.6) is 0 Å². The topological polar surface area (TPSA) is 29.3 Å². The van der Waals surface area contributed by atoms with Gasteiger partial charge in [-0.2, -0.15) is 0 Å². The summed E-state index contributed by atoms with van der Waals surface area (Å²) >= 11 is 0. The number of rotatable bonds is 4. The first-order valence-electron chi connectivity index (χ1n) is 6.32. The van der Waals surface area contributed by atoms with Gasteiger partial charge in [0.05, 0.1) is 0 Å². The van der Waals surface area contributed by atoms with Crippen molar-refractivity contribution in [3.63, 3.8) is 0 Å². The second kappa shape index (κ2) is 5.24. The van der Waals surface area contributed by atoms with Crippen molar-refractivity contribution in [2.75, 3.05) is 24.2 Å². The van der Waals surface area contributed by atoms with Gasteiger partial charge in [-0.3, -0.25) is 0 Å². The molecule has 1 aliphatic carbocycles. The highest BCUT2D eigenvalue weighted by molar-refractivity contribution is 5.55. The number of anilines is 2. The Morgan fingerprint density at radius 2 is 2.06 bits per heavy atom. The van der Waals surface area contributed by atoms with Gasteiger partial charge >= 0.3 is 0 Å². The SMILES string of the molecule is CN(CCC1CCCC1)c1cccc(N)c1. The van der Waals surface area contributed by atoms with Crippen molar-refractivity contribution in [3.8, 4) is 0 Å². The fourth-order valence-electron chi connectivity index (χ4n) is 2.57. The highest BCUT2D eigenvalue weighted by Gasteiger charge is 2.15. The van der Waals surface area contributed by atoms with Gasteiger partial charge in [-0.05, 0) is 30.5 Å². The van der Waals surface area contributed by atoms with Gasteiger partial charge in [0.2, 0.25) is 0 Å². The standard InChI is InChI=1S/C14H22N2/c1-16(10-9-12-5-2-3-6-12)14-8-4-7-13(15)11-14/h4,7-8,11-12H,2-3,5-6,9-10,15H2,1H3. The number of nitrogens with zero attached hydrogens (tertiary/aromatic N) is 1. The molecule has 88 valence electrons. The molecule has 0 spiro atoms. The molecule has 2 N–H and O–H groups in total. The van der Waals surface area contributed by atoms with E-state index in [0.717, 1.165) is 18.2 Å². The lowest BCUT2D eigenvalue weighted by Gasteiger charge is -2.21. The van der Waals surface area contributed by atoms with Gasteiger partial charge in [-0.25, -0.2) is 0 Å². The number of nitrogen functional groups attached to an aromatic ring is 1. The molecule has 0 atom stereocenters. The van der Waals surface area contributed by atoms with Crippen LogP contribution in [0.15, 0.2) is 24.3 Å². The molecule has 1 saturated carbocycles. The van der Waals surface area contributed by atoms with Gasteiger partial charge in [-0.1, -0.05) is 31.7 Å². The van der Waals surface area contributed by atoms with Crippen LogP contribution in [0.4, 0.5) is 11.4 Å². The molecule has 1 aromatic rings. The monoisotopic (exact) mass is 218 g/mol. The third kappa shape index (κ3) is 2.91. The number of hydrogen-bond donors (Lipinski definition) is 1. The zero-order valence-electron chi connectivity index (χ0n) is 10.2. The van der Waals surface area contributed by atoms with Crippen LogP contribution >= 0.6 is 0 Å². The quantitative estimate of drug-likeness (QED) is 0.786. The van der Waals surface area contributed by atoms with Gasteiger partial charge in [0.1, 0.15) is 0 Å². The molecule has 0 aromatic heterocycles. The van der Waals surface area contributed by atoms with Gasteiger partial charge in [0.25, 0.3) is 0 Å². The summed E-state index contributed by atoms with van der Waals surface area (Å²) in [6.45, 7) is 1.15. The average Bonchev–Trinajstić information content (AvgIpc) is 2.78. The van der Waals surface area contributed by atoms with Crippen LogP contribution in [0.3, 0.4) is 0 Å². The summed E-state index contributed by atoms with van der Waals surface area (Å²) in [4.78, 5) is 2.31. The van der Waals surface area contributed by atoms with Crippen molar-refractivity contribution in [1.82, 2.24) is 0 Å². The minimum atomic E-state index is 0.852. The Labute approximate surface area is 98.4 Å². The Morgan fingerprint density at radius 3 is 2.75 bits per heavy atom. The third-order valence-corrected chi connectivity index (χ3v) is 3.66. The lowest BCUT2D eigenvalue weighted by Crippen LogP contribution is -2.20. The van der Waals surface area contributed by atoms with E-state index in [1.54, 1.807) is 0 Å². The molecule has 1 aromatic carbocycles. The number of hydrogen-bond acceptors (Lipinski definition) is 2. The van der Waals surface area contributed by atoms with Crippen LogP contribution in [0, 0.1) is 5.92 Å². The van der Waals surface area contributed by atoms with Crippen molar-refractivity contribution < 1.29 is 0 Å². The molecule has 1 aliphatic rings. The van der Waals surface area contributed by atoms with Crippen molar-refractivity contribution >= 4 is 11.4 Å². The maximum Gasteiger partial charge on any atom is 0.0384 e. The molecule has 0 unspecified atom stereocenters. The van der Waals surface area contributed by atoms with Gasteiger partial charge in [0, 0.05) is 25.0 Å². The second-order valence-corrected chi connectivity index (χ2v) is 4.96. The molecule has 2 rings (SSSR count). The summed E-state index contributed by atoms with van der Waals surface area (Å²) in [5.41, 5.74) is 7.87. The number of benzene rings is 1. The minimum Gasteiger partial charge on any atom is -0.399 e. The molecule has 1 fully saturated rings. The molecule has 0 saturated heterocycles. The zero-order valence-corrected chi connectivity index (χ0v) is 10.2. The molecule has 2 heteroatoms. The van der Waals surface area contributed by atoms with Crippen LogP contribution in [0.1, 0.15) is 32.1 Å². The summed E-state index contributed by atoms with van der Waals surface area (Å²) in [7, 11) is 2.16. The van der Waals surface area contributed by atoms with E-state index < -0.39 is 0 Å². The first kappa shape index (κ1) is 11.3. The van der Waals surface area contributed by atoms with Crippen molar-refractivity contribution in [1.29, 1.82) is 0 Å². The van der Waals surface area contributed by atoms with Gasteiger partial charge < -0.3 is 10.6 Å². The van der Waals surface area contributed by atoms with Gasteiger partial charge in [0.15, 0.2) is 0 Å². The lowest BCUT2D eigenvalue weighted by atomic mass is 10.0. The molecule has 0 heterocycles. The molecule has 16 heavy (non-hydrogen) atoms. The van der Waals surface area contributed by atoms with Crippen molar-refractivity contribution in [2.24, 2.45) is 5.92 Å². The smallest absolute Gasteiger partial charge is 0.0384 e. The summed E-state index contributed by atoms with van der Waals surface area (Å²) < 4.78 is 0. The zero-order chi connectivity index (χ0) is 11.4. The van der Waals surface area contributed by atoms with Crippen LogP contribution in [0.2, 0.25) is 0 Å². The Bertz CT molecular complexity index is 329. The summed E-state index contributed by atoms with van der Waals surface area (Å²) in [6, 6.07) is 8.14. The minimum absolute atomic E-state index is 0.852. The summed E-state index contributed by atoms with van der Waals surface area (Å²) in [5.74, 6) is 0.962. The van der Waals surface area contributed by atoms with E-state index in [9.17, 15) is 0 Å². The first-order valence-corrected chi connectivity index (χ1v) is 6.32. The fourth-order valence-corrected chi connectivity index (χ4v) is 2.57. The highest BCUT2D eigenvalue weighted by Crippen LogP contribution is 2.28. The van der Waals surface area contributed by atoms with E-state index in [4.69, 9.17) is 5.73 Å². The summed E-state index contributed by atoms with van der Waals surface area (Å²) in [5, 5.41) is 0. The predicted octanol–water partition coefficient (Wildman–Crippen LogP) is 3.29. The Balaban J connectivity index is 1.85. The molecule has 0 bridgehead atoms. The van der Waals surface area contributed by atoms with E-state index in [1.807, 2.05) is 12.1 Å². The Morgan fingerprint density at radius 1 is 1.31 bits per heavy atom. The average molecular weight is 218 g/mol. The third-order valence-electron chi connectivity index (χ3n) is 3.66. The van der Waals surface area contributed by atoms with Crippen molar-refractivity contribution in [3.05, 3.63) is 24.3 Å². The molecule has 0 radical (unpaired) electrons. The largest absolute Gasteiger partial charge is 0.399 e. The maximum absolute atomic E-state index is 5.79. The van der Waals surface area contributed by atoms with E-state index in [0.29, 0.717) is 0 Å². The summed E-state index contributed by atoms with van der Waals surface area (Å²) in [6.07, 6.45) is 7.07. The van der Waals surface area contributed by atoms with E-state index >= 15 is 0 Å². The second-order valence-electron chi connectivity index (χ2n) is 4.96. The normalized spacial score (nSPS) is 16.6.